The third-order valence-corrected chi connectivity index (χ3v) is 5.52. The molecule has 2 aromatic carbocycles. The normalized spacial score (nSPS) is 12.8. The molecule has 0 N–H and O–H groups in total. The summed E-state index contributed by atoms with van der Waals surface area (Å²) in [7, 11) is 3.70. The summed E-state index contributed by atoms with van der Waals surface area (Å²) in [5.74, 6) is -1.11. The molecule has 10 heteroatoms. The standard InChI is InChI=1S/C23H20F3NO6.C2H6/c1-30-17-7-5-15(22(12-27,11-19(29)32-3)9-8-18(28)31-2)20-14-10-13(23(24,25)26)4-6-16(14)33-21(17)20;1-2/h4-7,10H,8-9,11H2,1-3H3;1-2H3. The number of benzene rings is 2. The smallest absolute Gasteiger partial charge is 0.416 e. The fourth-order valence-corrected chi connectivity index (χ4v) is 3.80. The molecule has 1 atom stereocenters. The molecule has 0 amide bonds. The highest BCUT2D eigenvalue weighted by molar-refractivity contribution is 6.09. The van der Waals surface area contributed by atoms with Gasteiger partial charge >= 0.3 is 18.1 Å². The van der Waals surface area contributed by atoms with Crippen molar-refractivity contribution in [3.63, 3.8) is 0 Å². The Bertz CT molecular complexity index is 1260. The molecule has 0 aliphatic heterocycles. The molecule has 0 saturated carbocycles. The first-order valence-corrected chi connectivity index (χ1v) is 10.8. The molecule has 0 spiro atoms. The summed E-state index contributed by atoms with van der Waals surface area (Å²) >= 11 is 0. The SMILES string of the molecule is CC.COC(=O)CCC(C#N)(CC(=O)OC)c1ccc(OC)c2oc3ccc(C(F)(F)F)cc3c12. The van der Waals surface area contributed by atoms with E-state index in [1.165, 1.54) is 32.4 Å². The van der Waals surface area contributed by atoms with Crippen LogP contribution in [-0.4, -0.2) is 33.3 Å². The Hall–Kier alpha value is -3.74. The Labute approximate surface area is 200 Å². The lowest BCUT2D eigenvalue weighted by atomic mass is 9.73. The van der Waals surface area contributed by atoms with Gasteiger partial charge in [0.2, 0.25) is 0 Å². The van der Waals surface area contributed by atoms with Crippen LogP contribution in [-0.2, 0) is 30.7 Å². The number of halogens is 3. The molecule has 0 fully saturated rings. The van der Waals surface area contributed by atoms with E-state index in [2.05, 4.69) is 10.8 Å². The zero-order valence-corrected chi connectivity index (χ0v) is 20.0. The van der Waals surface area contributed by atoms with Gasteiger partial charge in [-0.3, -0.25) is 9.59 Å². The van der Waals surface area contributed by atoms with Crippen molar-refractivity contribution in [3.05, 3.63) is 41.5 Å². The number of carbonyl (C=O) groups is 2. The number of hydrogen-bond acceptors (Lipinski definition) is 7. The van der Waals surface area contributed by atoms with Gasteiger partial charge in [-0.2, -0.15) is 18.4 Å². The molecule has 1 heterocycles. The lowest BCUT2D eigenvalue weighted by Gasteiger charge is -2.27. The second-order valence-electron chi connectivity index (χ2n) is 7.35. The molecule has 35 heavy (non-hydrogen) atoms. The van der Waals surface area contributed by atoms with E-state index in [4.69, 9.17) is 13.9 Å². The van der Waals surface area contributed by atoms with Crippen molar-refractivity contribution in [2.24, 2.45) is 0 Å². The predicted octanol–water partition coefficient (Wildman–Crippen LogP) is 5.92. The highest BCUT2D eigenvalue weighted by atomic mass is 19.4. The van der Waals surface area contributed by atoms with Gasteiger partial charge in [0.15, 0.2) is 11.3 Å². The second-order valence-corrected chi connectivity index (χ2v) is 7.35. The van der Waals surface area contributed by atoms with Gasteiger partial charge in [-0.05, 0) is 36.2 Å². The number of alkyl halides is 3. The molecule has 7 nitrogen and oxygen atoms in total. The van der Waals surface area contributed by atoms with Crippen LogP contribution >= 0.6 is 0 Å². The van der Waals surface area contributed by atoms with E-state index in [1.807, 2.05) is 13.8 Å². The lowest BCUT2D eigenvalue weighted by molar-refractivity contribution is -0.143. The van der Waals surface area contributed by atoms with Gasteiger partial charge in [-0.1, -0.05) is 19.9 Å². The zero-order chi connectivity index (χ0) is 26.4. The summed E-state index contributed by atoms with van der Waals surface area (Å²) in [6.45, 7) is 4.00. The van der Waals surface area contributed by atoms with E-state index in [9.17, 15) is 28.0 Å². The van der Waals surface area contributed by atoms with Crippen molar-refractivity contribution in [2.45, 2.75) is 44.7 Å². The number of ether oxygens (including phenoxy) is 3. The van der Waals surface area contributed by atoms with E-state index in [0.29, 0.717) is 0 Å². The van der Waals surface area contributed by atoms with Crippen molar-refractivity contribution in [3.8, 4) is 11.8 Å². The van der Waals surface area contributed by atoms with Crippen molar-refractivity contribution in [1.82, 2.24) is 0 Å². The number of nitrogens with zero attached hydrogens (tertiary/aromatic N) is 1. The van der Waals surface area contributed by atoms with Crippen molar-refractivity contribution in [1.29, 1.82) is 5.26 Å². The van der Waals surface area contributed by atoms with Crippen LogP contribution in [0, 0.1) is 11.3 Å². The quantitative estimate of drug-likeness (QED) is 0.377. The van der Waals surface area contributed by atoms with Gasteiger partial charge < -0.3 is 18.6 Å². The maximum Gasteiger partial charge on any atom is 0.416 e. The zero-order valence-electron chi connectivity index (χ0n) is 20.0. The largest absolute Gasteiger partial charge is 0.493 e. The van der Waals surface area contributed by atoms with Crippen molar-refractivity contribution < 1.29 is 41.4 Å². The number of carbonyl (C=O) groups excluding carboxylic acids is 2. The summed E-state index contributed by atoms with van der Waals surface area (Å²) in [4.78, 5) is 24.1. The van der Waals surface area contributed by atoms with E-state index < -0.39 is 35.5 Å². The summed E-state index contributed by atoms with van der Waals surface area (Å²) in [6, 6.07) is 8.07. The summed E-state index contributed by atoms with van der Waals surface area (Å²) in [5.41, 5.74) is -2.05. The number of furan rings is 1. The van der Waals surface area contributed by atoms with Crippen LogP contribution in [0.2, 0.25) is 0 Å². The first-order valence-electron chi connectivity index (χ1n) is 10.8. The Kier molecular flexibility index (Phi) is 8.74. The first-order chi connectivity index (χ1) is 16.6. The van der Waals surface area contributed by atoms with E-state index >= 15 is 0 Å². The number of hydrogen-bond donors (Lipinski definition) is 0. The van der Waals surface area contributed by atoms with Gasteiger partial charge in [0.05, 0.1) is 44.8 Å². The highest BCUT2D eigenvalue weighted by Gasteiger charge is 2.39. The van der Waals surface area contributed by atoms with E-state index in [1.54, 1.807) is 0 Å². The number of rotatable bonds is 7. The minimum Gasteiger partial charge on any atom is -0.493 e. The molecule has 0 saturated heterocycles. The highest BCUT2D eigenvalue weighted by Crippen LogP contribution is 2.45. The fourth-order valence-electron chi connectivity index (χ4n) is 3.80. The van der Waals surface area contributed by atoms with Gasteiger partial charge in [-0.15, -0.1) is 0 Å². The number of fused-ring (bicyclic) bond motifs is 3. The van der Waals surface area contributed by atoms with E-state index in [0.717, 1.165) is 19.2 Å². The number of methoxy groups -OCH3 is 3. The summed E-state index contributed by atoms with van der Waals surface area (Å²) < 4.78 is 60.8. The van der Waals surface area contributed by atoms with Gasteiger partial charge in [0.25, 0.3) is 0 Å². The fraction of sp³-hybridized carbons (Fsp3) is 0.400. The Morgan fingerprint density at radius 3 is 2.23 bits per heavy atom. The summed E-state index contributed by atoms with van der Waals surface area (Å²) in [5, 5.41) is 10.5. The maximum absolute atomic E-state index is 13.4. The number of nitriles is 1. The predicted molar refractivity (Wildman–Crippen MR) is 122 cm³/mol. The lowest BCUT2D eigenvalue weighted by Crippen LogP contribution is -2.30. The average Bonchev–Trinajstić information content (AvgIpc) is 3.25. The van der Waals surface area contributed by atoms with Gasteiger partial charge in [0, 0.05) is 17.2 Å². The molecular weight excluding hydrogens is 467 g/mol. The van der Waals surface area contributed by atoms with Gasteiger partial charge in [-0.25, -0.2) is 0 Å². The van der Waals surface area contributed by atoms with Crippen LogP contribution in [0.15, 0.2) is 34.7 Å². The first kappa shape index (κ1) is 27.5. The van der Waals surface area contributed by atoms with Crippen LogP contribution in [0.3, 0.4) is 0 Å². The molecule has 0 bridgehead atoms. The van der Waals surface area contributed by atoms with Crippen molar-refractivity contribution in [2.75, 3.05) is 21.3 Å². The molecule has 0 aliphatic rings. The minimum absolute atomic E-state index is 0.0938. The number of esters is 2. The Balaban J connectivity index is 0.00000210. The Morgan fingerprint density at radius 1 is 1.03 bits per heavy atom. The van der Waals surface area contributed by atoms with Gasteiger partial charge in [0.1, 0.15) is 5.58 Å². The monoisotopic (exact) mass is 493 g/mol. The third kappa shape index (κ3) is 5.50. The molecule has 3 aromatic rings. The third-order valence-electron chi connectivity index (χ3n) is 5.52. The molecule has 0 aliphatic carbocycles. The molecule has 188 valence electrons. The maximum atomic E-state index is 13.4. The average molecular weight is 493 g/mol. The van der Waals surface area contributed by atoms with Crippen LogP contribution in [0.1, 0.15) is 44.2 Å². The molecule has 3 rings (SSSR count). The van der Waals surface area contributed by atoms with Crippen molar-refractivity contribution >= 4 is 33.9 Å². The topological polar surface area (TPSA) is 98.8 Å². The molecule has 0 radical (unpaired) electrons. The van der Waals surface area contributed by atoms with Crippen LogP contribution in [0.5, 0.6) is 5.75 Å². The van der Waals surface area contributed by atoms with Crippen LogP contribution in [0.4, 0.5) is 13.2 Å². The molecule has 1 aromatic heterocycles. The van der Waals surface area contributed by atoms with Crippen LogP contribution in [0.25, 0.3) is 21.9 Å². The summed E-state index contributed by atoms with van der Waals surface area (Å²) in [6.07, 6.45) is -5.40. The molecule has 1 unspecified atom stereocenters. The minimum atomic E-state index is -4.61. The van der Waals surface area contributed by atoms with Crippen LogP contribution < -0.4 is 4.74 Å². The molecular formula is C25H26F3NO6. The second kappa shape index (κ2) is 11.1. The van der Waals surface area contributed by atoms with E-state index in [-0.39, 0.29) is 46.1 Å². The Morgan fingerprint density at radius 2 is 1.69 bits per heavy atom.